The molecule has 0 aromatic heterocycles. The minimum atomic E-state index is -3.91. The summed E-state index contributed by atoms with van der Waals surface area (Å²) in [6.07, 6.45) is 0. The molecule has 156 valence electrons. The number of nitrogens with zero attached hydrogens (tertiary/aromatic N) is 2. The van der Waals surface area contributed by atoms with Gasteiger partial charge in [-0.1, -0.05) is 11.6 Å². The van der Waals surface area contributed by atoms with Crippen molar-refractivity contribution in [2.45, 2.75) is 25.3 Å². The summed E-state index contributed by atoms with van der Waals surface area (Å²) in [5, 5.41) is 19.1. The molecule has 9 nitrogen and oxygen atoms in total. The van der Waals surface area contributed by atoms with Crippen molar-refractivity contribution in [3.63, 3.8) is 0 Å². The molecule has 0 aliphatic heterocycles. The summed E-state index contributed by atoms with van der Waals surface area (Å²) in [5.74, 6) is -0.386. The predicted molar refractivity (Wildman–Crippen MR) is 110 cm³/mol. The molecule has 1 amide bonds. The van der Waals surface area contributed by atoms with E-state index in [4.69, 9.17) is 16.7 Å². The third-order valence-electron chi connectivity index (χ3n) is 4.34. The number of hydrogen-bond acceptors (Lipinski definition) is 6. The van der Waals surface area contributed by atoms with Gasteiger partial charge in [-0.05, 0) is 55.8 Å². The Bertz CT molecular complexity index is 1070. The van der Waals surface area contributed by atoms with Crippen molar-refractivity contribution in [2.75, 3.05) is 18.9 Å². The number of aryl methyl sites for hydroxylation is 1. The van der Waals surface area contributed by atoms with E-state index in [0.29, 0.717) is 21.8 Å². The van der Waals surface area contributed by atoms with Gasteiger partial charge in [0.15, 0.2) is 0 Å². The second-order valence-electron chi connectivity index (χ2n) is 6.71. The van der Waals surface area contributed by atoms with Crippen LogP contribution in [0, 0.1) is 24.0 Å². The first-order valence-corrected chi connectivity index (χ1v) is 10.4. The van der Waals surface area contributed by atoms with Crippen molar-refractivity contribution in [3.8, 4) is 0 Å². The Morgan fingerprint density at radius 2 is 1.93 bits per heavy atom. The van der Waals surface area contributed by atoms with Gasteiger partial charge in [0.05, 0.1) is 16.4 Å². The lowest BCUT2D eigenvalue weighted by Crippen LogP contribution is -2.30. The summed E-state index contributed by atoms with van der Waals surface area (Å²) in [6.45, 7) is 3.64. The van der Waals surface area contributed by atoms with Crippen LogP contribution in [0.15, 0.2) is 35.2 Å². The number of benzene rings is 2. The normalized spacial score (nSPS) is 11.5. The molecule has 2 rings (SSSR count). The van der Waals surface area contributed by atoms with E-state index in [2.05, 4.69) is 5.32 Å². The first-order valence-electron chi connectivity index (χ1n) is 8.43. The van der Waals surface area contributed by atoms with Crippen molar-refractivity contribution >= 4 is 38.9 Å². The number of carbonyl (C=O) groups excluding carboxylic acids is 1. The summed E-state index contributed by atoms with van der Waals surface area (Å²) in [6, 6.07) is 6.86. The van der Waals surface area contributed by atoms with Gasteiger partial charge in [-0.3, -0.25) is 19.8 Å². The number of nitro benzene ring substituents is 1. The number of non-ortho nitro benzene ring substituents is 1. The molecule has 0 aliphatic carbocycles. The first kappa shape index (κ1) is 22.8. The summed E-state index contributed by atoms with van der Waals surface area (Å²) in [7, 11) is -2.25. The van der Waals surface area contributed by atoms with Crippen LogP contribution < -0.4 is 10.5 Å². The predicted octanol–water partition coefficient (Wildman–Crippen LogP) is 2.58. The van der Waals surface area contributed by atoms with Crippen LogP contribution in [-0.2, 0) is 21.4 Å². The smallest absolute Gasteiger partial charge is 0.269 e. The van der Waals surface area contributed by atoms with Gasteiger partial charge in [-0.15, -0.1) is 0 Å². The second kappa shape index (κ2) is 8.87. The summed E-state index contributed by atoms with van der Waals surface area (Å²) < 4.78 is 23.2. The number of anilines is 1. The van der Waals surface area contributed by atoms with Crippen LogP contribution in [0.2, 0.25) is 5.02 Å². The Hall–Kier alpha value is -2.53. The van der Waals surface area contributed by atoms with E-state index < -0.39 is 14.9 Å². The van der Waals surface area contributed by atoms with E-state index in [-0.39, 0.29) is 29.6 Å². The lowest BCUT2D eigenvalue weighted by atomic mass is 10.1. The van der Waals surface area contributed by atoms with E-state index in [0.717, 1.165) is 5.56 Å². The van der Waals surface area contributed by atoms with Crippen LogP contribution in [0.4, 0.5) is 11.4 Å². The zero-order valence-electron chi connectivity index (χ0n) is 16.1. The number of nitrogens with two attached hydrogens (primary N) is 1. The molecule has 0 heterocycles. The lowest BCUT2D eigenvalue weighted by Gasteiger charge is -2.18. The van der Waals surface area contributed by atoms with Gasteiger partial charge in [0.1, 0.15) is 0 Å². The highest BCUT2D eigenvalue weighted by Crippen LogP contribution is 2.25. The Morgan fingerprint density at radius 3 is 2.52 bits per heavy atom. The van der Waals surface area contributed by atoms with Gasteiger partial charge < -0.3 is 5.32 Å². The molecule has 2 aromatic rings. The topological polar surface area (TPSA) is 136 Å². The largest absolute Gasteiger partial charge is 0.325 e. The number of amides is 1. The Morgan fingerprint density at radius 1 is 1.28 bits per heavy atom. The van der Waals surface area contributed by atoms with Crippen LogP contribution in [-0.4, -0.2) is 37.7 Å². The van der Waals surface area contributed by atoms with Gasteiger partial charge in [-0.25, -0.2) is 13.6 Å². The standard InChI is InChI=1S/C18H21ClN4O5S/c1-11-6-15(29(20,27)28)8-17(12(11)2)21-18(24)10-22(3)9-13-7-14(23(25)26)4-5-16(13)19/h4-8H,9-10H2,1-3H3,(H,21,24)(H2,20,27,28). The molecule has 0 radical (unpaired) electrons. The highest BCUT2D eigenvalue weighted by Gasteiger charge is 2.16. The molecule has 11 heteroatoms. The fourth-order valence-electron chi connectivity index (χ4n) is 2.70. The first-order chi connectivity index (χ1) is 13.4. The summed E-state index contributed by atoms with van der Waals surface area (Å²) >= 11 is 6.09. The van der Waals surface area contributed by atoms with E-state index in [1.165, 1.54) is 30.3 Å². The third kappa shape index (κ3) is 5.97. The number of halogens is 1. The average Bonchev–Trinajstić information content (AvgIpc) is 2.59. The highest BCUT2D eigenvalue weighted by atomic mass is 35.5. The van der Waals surface area contributed by atoms with E-state index in [1.807, 2.05) is 0 Å². The van der Waals surface area contributed by atoms with Crippen molar-refractivity contribution in [3.05, 3.63) is 62.2 Å². The second-order valence-corrected chi connectivity index (χ2v) is 8.68. The minimum Gasteiger partial charge on any atom is -0.325 e. The van der Waals surface area contributed by atoms with Crippen molar-refractivity contribution < 1.29 is 18.1 Å². The molecule has 2 aromatic carbocycles. The maximum atomic E-state index is 12.4. The Kier molecular flexibility index (Phi) is 6.96. The third-order valence-corrected chi connectivity index (χ3v) is 5.60. The molecule has 0 fully saturated rings. The summed E-state index contributed by atoms with van der Waals surface area (Å²) in [4.78, 5) is 24.4. The highest BCUT2D eigenvalue weighted by molar-refractivity contribution is 7.89. The quantitative estimate of drug-likeness (QED) is 0.501. The number of nitrogens with one attached hydrogen (secondary N) is 1. The average molecular weight is 441 g/mol. The number of sulfonamides is 1. The maximum Gasteiger partial charge on any atom is 0.269 e. The Balaban J connectivity index is 2.13. The van der Waals surface area contributed by atoms with Crippen LogP contribution in [0.1, 0.15) is 16.7 Å². The van der Waals surface area contributed by atoms with Gasteiger partial charge >= 0.3 is 0 Å². The molecular formula is C18H21ClN4O5S. The maximum absolute atomic E-state index is 12.4. The zero-order chi connectivity index (χ0) is 21.9. The van der Waals surface area contributed by atoms with Crippen LogP contribution in [0.3, 0.4) is 0 Å². The fourth-order valence-corrected chi connectivity index (χ4v) is 3.50. The van der Waals surface area contributed by atoms with E-state index >= 15 is 0 Å². The van der Waals surface area contributed by atoms with Gasteiger partial charge in [0.25, 0.3) is 5.69 Å². The van der Waals surface area contributed by atoms with E-state index in [1.54, 1.807) is 25.8 Å². The monoisotopic (exact) mass is 440 g/mol. The molecule has 0 atom stereocenters. The molecule has 0 bridgehead atoms. The van der Waals surface area contributed by atoms with Crippen molar-refractivity contribution in [2.24, 2.45) is 5.14 Å². The van der Waals surface area contributed by atoms with Gasteiger partial charge in [-0.2, -0.15) is 0 Å². The van der Waals surface area contributed by atoms with Crippen molar-refractivity contribution in [1.82, 2.24) is 4.90 Å². The van der Waals surface area contributed by atoms with E-state index in [9.17, 15) is 23.3 Å². The van der Waals surface area contributed by atoms with Gasteiger partial charge in [0, 0.05) is 29.4 Å². The molecule has 0 unspecified atom stereocenters. The molecular weight excluding hydrogens is 420 g/mol. The molecule has 29 heavy (non-hydrogen) atoms. The zero-order valence-corrected chi connectivity index (χ0v) is 17.7. The number of rotatable bonds is 7. The number of hydrogen-bond donors (Lipinski definition) is 2. The van der Waals surface area contributed by atoms with Crippen LogP contribution in [0.25, 0.3) is 0 Å². The number of primary sulfonamides is 1. The number of nitro groups is 1. The number of likely N-dealkylation sites (N-methyl/N-ethyl adjacent to an activating group) is 1. The van der Waals surface area contributed by atoms with Crippen molar-refractivity contribution in [1.29, 1.82) is 0 Å². The van der Waals surface area contributed by atoms with Crippen LogP contribution in [0.5, 0.6) is 0 Å². The molecule has 0 aliphatic rings. The number of carbonyl (C=O) groups is 1. The van der Waals surface area contributed by atoms with Gasteiger partial charge in [0.2, 0.25) is 15.9 Å². The molecule has 0 saturated carbocycles. The fraction of sp³-hybridized carbons (Fsp3) is 0.278. The molecule has 0 spiro atoms. The lowest BCUT2D eigenvalue weighted by molar-refractivity contribution is -0.384. The molecule has 3 N–H and O–H groups in total. The van der Waals surface area contributed by atoms with Crippen LogP contribution >= 0.6 is 11.6 Å². The summed E-state index contributed by atoms with van der Waals surface area (Å²) in [5.41, 5.74) is 2.16. The Labute approximate surface area is 173 Å². The minimum absolute atomic E-state index is 0.0445. The SMILES string of the molecule is Cc1cc(S(N)(=O)=O)cc(NC(=O)CN(C)Cc2cc([N+](=O)[O-])ccc2Cl)c1C. The molecule has 0 saturated heterocycles.